The number of hydrogen-bond acceptors (Lipinski definition) is 4. The van der Waals surface area contributed by atoms with Gasteiger partial charge in [0.1, 0.15) is 0 Å². The second-order valence-corrected chi connectivity index (χ2v) is 5.45. The van der Waals surface area contributed by atoms with E-state index in [4.69, 9.17) is 26.8 Å². The van der Waals surface area contributed by atoms with Crippen LogP contribution in [0.5, 0.6) is 0 Å². The average molecular weight is 288 g/mol. The zero-order chi connectivity index (χ0) is 13.9. The van der Waals surface area contributed by atoms with Crippen molar-refractivity contribution < 1.29 is 9.47 Å². The number of nitrogens with zero attached hydrogens (tertiary/aromatic N) is 2. The summed E-state index contributed by atoms with van der Waals surface area (Å²) in [6.45, 7) is 1.23. The molecular formula is C13H22ClN3O2. The monoisotopic (exact) mass is 287 g/mol. The van der Waals surface area contributed by atoms with Gasteiger partial charge < -0.3 is 15.2 Å². The minimum Gasteiger partial charge on any atom is -0.383 e. The van der Waals surface area contributed by atoms with Gasteiger partial charge in [-0.1, -0.05) is 24.4 Å². The predicted octanol–water partition coefficient (Wildman–Crippen LogP) is 2.14. The van der Waals surface area contributed by atoms with Crippen LogP contribution in [0.15, 0.2) is 6.20 Å². The summed E-state index contributed by atoms with van der Waals surface area (Å²) in [4.78, 5) is 0. The SMILES string of the molecule is COCCn1ncc(Cl)c1C(N)C1(OC)CCCC1. The maximum atomic E-state index is 6.45. The molecule has 2 rings (SSSR count). The summed E-state index contributed by atoms with van der Waals surface area (Å²) >= 11 is 6.26. The van der Waals surface area contributed by atoms with Gasteiger partial charge in [0.15, 0.2) is 0 Å². The van der Waals surface area contributed by atoms with Crippen LogP contribution in [0.3, 0.4) is 0 Å². The number of rotatable bonds is 6. The molecule has 5 nitrogen and oxygen atoms in total. The first-order chi connectivity index (χ1) is 9.14. The van der Waals surface area contributed by atoms with Crippen LogP contribution in [-0.4, -0.2) is 36.2 Å². The highest BCUT2D eigenvalue weighted by Gasteiger charge is 2.42. The van der Waals surface area contributed by atoms with Crippen molar-refractivity contribution in [3.8, 4) is 0 Å². The molecule has 1 atom stereocenters. The zero-order valence-corrected chi connectivity index (χ0v) is 12.3. The van der Waals surface area contributed by atoms with Crippen molar-refractivity contribution in [1.82, 2.24) is 9.78 Å². The first-order valence-corrected chi connectivity index (χ1v) is 7.03. The van der Waals surface area contributed by atoms with Crippen molar-refractivity contribution in [2.75, 3.05) is 20.8 Å². The standard InChI is InChI=1S/C13H22ClN3O2/c1-18-8-7-17-11(10(14)9-16-17)12(15)13(19-2)5-3-4-6-13/h9,12H,3-8,15H2,1-2H3. The lowest BCUT2D eigenvalue weighted by Crippen LogP contribution is -2.42. The number of methoxy groups -OCH3 is 2. The number of ether oxygens (including phenoxy) is 2. The summed E-state index contributed by atoms with van der Waals surface area (Å²) in [7, 11) is 3.40. The van der Waals surface area contributed by atoms with Gasteiger partial charge in [-0.3, -0.25) is 4.68 Å². The van der Waals surface area contributed by atoms with Gasteiger partial charge in [0, 0.05) is 14.2 Å². The highest BCUT2D eigenvalue weighted by Crippen LogP contribution is 2.42. The maximum absolute atomic E-state index is 6.45. The Bertz CT molecular complexity index is 416. The summed E-state index contributed by atoms with van der Waals surface area (Å²) < 4.78 is 12.7. The van der Waals surface area contributed by atoms with E-state index in [2.05, 4.69) is 5.10 Å². The molecule has 0 saturated heterocycles. The van der Waals surface area contributed by atoms with Crippen molar-refractivity contribution in [2.45, 2.75) is 43.9 Å². The van der Waals surface area contributed by atoms with Gasteiger partial charge in [0.25, 0.3) is 0 Å². The van der Waals surface area contributed by atoms with Gasteiger partial charge in [0.05, 0.1) is 41.7 Å². The fraction of sp³-hybridized carbons (Fsp3) is 0.769. The van der Waals surface area contributed by atoms with Crippen LogP contribution in [0, 0.1) is 0 Å². The van der Waals surface area contributed by atoms with Gasteiger partial charge in [-0.25, -0.2) is 0 Å². The third-order valence-electron chi connectivity index (χ3n) is 4.06. The van der Waals surface area contributed by atoms with E-state index < -0.39 is 0 Å². The molecule has 0 radical (unpaired) electrons. The largest absolute Gasteiger partial charge is 0.383 e. The normalized spacial score (nSPS) is 19.8. The minimum atomic E-state index is -0.311. The minimum absolute atomic E-state index is 0.258. The molecule has 19 heavy (non-hydrogen) atoms. The van der Waals surface area contributed by atoms with Crippen LogP contribution in [0.2, 0.25) is 5.02 Å². The van der Waals surface area contributed by atoms with Crippen molar-refractivity contribution in [1.29, 1.82) is 0 Å². The highest BCUT2D eigenvalue weighted by molar-refractivity contribution is 6.31. The second kappa shape index (κ2) is 6.22. The molecule has 1 unspecified atom stereocenters. The van der Waals surface area contributed by atoms with Crippen molar-refractivity contribution in [3.05, 3.63) is 16.9 Å². The third kappa shape index (κ3) is 2.79. The maximum Gasteiger partial charge on any atom is 0.0886 e. The molecule has 2 N–H and O–H groups in total. The van der Waals surface area contributed by atoms with Gasteiger partial charge >= 0.3 is 0 Å². The van der Waals surface area contributed by atoms with Crippen molar-refractivity contribution in [3.63, 3.8) is 0 Å². The Hall–Kier alpha value is -0.620. The fourth-order valence-corrected chi connectivity index (χ4v) is 3.16. The number of nitrogens with two attached hydrogens (primary N) is 1. The number of halogens is 1. The molecule has 1 aromatic rings. The van der Waals surface area contributed by atoms with Gasteiger partial charge in [-0.15, -0.1) is 0 Å². The molecule has 108 valence electrons. The molecular weight excluding hydrogens is 266 g/mol. The zero-order valence-electron chi connectivity index (χ0n) is 11.6. The smallest absolute Gasteiger partial charge is 0.0886 e. The average Bonchev–Trinajstić information content (AvgIpc) is 3.03. The Morgan fingerprint density at radius 2 is 2.16 bits per heavy atom. The molecule has 1 aromatic heterocycles. The van der Waals surface area contributed by atoms with Crippen LogP contribution in [-0.2, 0) is 16.0 Å². The lowest BCUT2D eigenvalue weighted by atomic mass is 9.90. The third-order valence-corrected chi connectivity index (χ3v) is 4.35. The van der Waals surface area contributed by atoms with Gasteiger partial charge in [-0.05, 0) is 12.8 Å². The number of hydrogen-bond donors (Lipinski definition) is 1. The molecule has 0 spiro atoms. The Kier molecular flexibility index (Phi) is 4.84. The summed E-state index contributed by atoms with van der Waals surface area (Å²) in [5, 5.41) is 4.88. The first kappa shape index (κ1) is 14.8. The Morgan fingerprint density at radius 3 is 2.74 bits per heavy atom. The van der Waals surface area contributed by atoms with Crippen LogP contribution in [0.25, 0.3) is 0 Å². The van der Waals surface area contributed by atoms with E-state index in [1.165, 1.54) is 0 Å². The summed E-state index contributed by atoms with van der Waals surface area (Å²) in [5.41, 5.74) is 6.99. The Morgan fingerprint density at radius 1 is 1.47 bits per heavy atom. The Balaban J connectivity index is 2.26. The van der Waals surface area contributed by atoms with Crippen molar-refractivity contribution in [2.24, 2.45) is 5.73 Å². The topological polar surface area (TPSA) is 62.3 Å². The van der Waals surface area contributed by atoms with Crippen LogP contribution >= 0.6 is 11.6 Å². The molecule has 0 aliphatic heterocycles. The molecule has 1 aliphatic carbocycles. The number of aromatic nitrogens is 2. The van der Waals surface area contributed by atoms with Crippen LogP contribution < -0.4 is 5.73 Å². The molecule has 6 heteroatoms. The van der Waals surface area contributed by atoms with Crippen LogP contribution in [0.1, 0.15) is 37.4 Å². The molecule has 0 amide bonds. The molecule has 1 fully saturated rings. The summed E-state index contributed by atoms with van der Waals surface area (Å²) in [6, 6.07) is -0.258. The second-order valence-electron chi connectivity index (χ2n) is 5.05. The lowest BCUT2D eigenvalue weighted by molar-refractivity contribution is -0.0286. The fourth-order valence-electron chi connectivity index (χ4n) is 2.90. The van der Waals surface area contributed by atoms with E-state index >= 15 is 0 Å². The van der Waals surface area contributed by atoms with E-state index in [1.54, 1.807) is 20.4 Å². The van der Waals surface area contributed by atoms with Crippen LogP contribution in [0.4, 0.5) is 0 Å². The summed E-state index contributed by atoms with van der Waals surface area (Å²) in [6.07, 6.45) is 5.87. The van der Waals surface area contributed by atoms with E-state index in [0.29, 0.717) is 18.2 Å². The Labute approximate surface area is 119 Å². The lowest BCUT2D eigenvalue weighted by Gasteiger charge is -2.34. The van der Waals surface area contributed by atoms with E-state index in [1.807, 2.05) is 4.68 Å². The van der Waals surface area contributed by atoms with E-state index in [-0.39, 0.29) is 11.6 Å². The molecule has 1 saturated carbocycles. The highest BCUT2D eigenvalue weighted by atomic mass is 35.5. The summed E-state index contributed by atoms with van der Waals surface area (Å²) in [5.74, 6) is 0. The first-order valence-electron chi connectivity index (χ1n) is 6.65. The van der Waals surface area contributed by atoms with E-state index in [9.17, 15) is 0 Å². The van der Waals surface area contributed by atoms with E-state index in [0.717, 1.165) is 31.4 Å². The van der Waals surface area contributed by atoms with Gasteiger partial charge in [-0.2, -0.15) is 5.10 Å². The van der Waals surface area contributed by atoms with Gasteiger partial charge in [0.2, 0.25) is 0 Å². The molecule has 1 heterocycles. The molecule has 0 bridgehead atoms. The molecule has 0 aromatic carbocycles. The quantitative estimate of drug-likeness (QED) is 0.871. The predicted molar refractivity (Wildman–Crippen MR) is 74.2 cm³/mol. The van der Waals surface area contributed by atoms with Crippen molar-refractivity contribution >= 4 is 11.6 Å². The molecule has 1 aliphatic rings.